The third kappa shape index (κ3) is 5.64. The van der Waals surface area contributed by atoms with E-state index < -0.39 is 0 Å². The number of methoxy groups -OCH3 is 3. The highest BCUT2D eigenvalue weighted by molar-refractivity contribution is 6.32. The minimum Gasteiger partial charge on any atom is -0.496 e. The molecule has 1 atom stereocenters. The average molecular weight is 448 g/mol. The van der Waals surface area contributed by atoms with Crippen LogP contribution in [0, 0.1) is 0 Å². The molecule has 1 aromatic heterocycles. The van der Waals surface area contributed by atoms with Gasteiger partial charge >= 0.3 is 0 Å². The fourth-order valence-corrected chi connectivity index (χ4v) is 3.94. The Balaban J connectivity index is 1.56. The molecule has 1 saturated heterocycles. The summed E-state index contributed by atoms with van der Waals surface area (Å²) >= 11 is 6.29. The van der Waals surface area contributed by atoms with E-state index in [1.165, 1.54) is 0 Å². The molecule has 0 bridgehead atoms. The topological polar surface area (TPSA) is 80.2 Å². The molecule has 1 aliphatic rings. The normalized spacial score (nSPS) is 16.2. The van der Waals surface area contributed by atoms with Gasteiger partial charge in [-0.05, 0) is 25.0 Å². The average Bonchev–Trinajstić information content (AvgIpc) is 3.26. The zero-order chi connectivity index (χ0) is 22.2. The Morgan fingerprint density at radius 2 is 1.97 bits per heavy atom. The van der Waals surface area contributed by atoms with Crippen LogP contribution in [-0.2, 0) is 6.42 Å². The largest absolute Gasteiger partial charge is 0.496 e. The molecular weight excluding hydrogens is 418 g/mol. The first-order valence-corrected chi connectivity index (χ1v) is 10.6. The van der Waals surface area contributed by atoms with Crippen molar-refractivity contribution in [3.05, 3.63) is 41.0 Å². The third-order valence-corrected chi connectivity index (χ3v) is 5.57. The van der Waals surface area contributed by atoms with E-state index in [0.29, 0.717) is 23.7 Å². The summed E-state index contributed by atoms with van der Waals surface area (Å²) in [5.74, 6) is 3.75. The first-order chi connectivity index (χ1) is 15.1. The van der Waals surface area contributed by atoms with Gasteiger partial charge < -0.3 is 29.7 Å². The van der Waals surface area contributed by atoms with Crippen LogP contribution in [-0.4, -0.2) is 65.0 Å². The number of benzene rings is 1. The Morgan fingerprint density at radius 3 is 2.58 bits per heavy atom. The summed E-state index contributed by atoms with van der Waals surface area (Å²) in [6.45, 7) is 2.38. The molecule has 0 amide bonds. The lowest BCUT2D eigenvalue weighted by molar-refractivity contribution is 0.368. The zero-order valence-corrected chi connectivity index (χ0v) is 19.2. The van der Waals surface area contributed by atoms with E-state index >= 15 is 0 Å². The van der Waals surface area contributed by atoms with Crippen molar-refractivity contribution in [3.8, 4) is 17.2 Å². The van der Waals surface area contributed by atoms with Gasteiger partial charge in [0.15, 0.2) is 5.96 Å². The fraction of sp³-hybridized carbons (Fsp3) is 0.455. The molecule has 9 heteroatoms. The van der Waals surface area contributed by atoms with Gasteiger partial charge in [0.25, 0.3) is 0 Å². The van der Waals surface area contributed by atoms with E-state index in [1.54, 1.807) is 34.6 Å². The van der Waals surface area contributed by atoms with Crippen LogP contribution in [0.4, 0.5) is 5.82 Å². The molecule has 168 valence electrons. The van der Waals surface area contributed by atoms with Crippen LogP contribution >= 0.6 is 11.6 Å². The van der Waals surface area contributed by atoms with E-state index in [9.17, 15) is 0 Å². The highest BCUT2D eigenvalue weighted by Crippen LogP contribution is 2.34. The van der Waals surface area contributed by atoms with Gasteiger partial charge in [0.1, 0.15) is 23.1 Å². The molecule has 1 aromatic carbocycles. The van der Waals surface area contributed by atoms with E-state index in [1.807, 2.05) is 24.3 Å². The number of halogens is 1. The molecule has 0 aliphatic carbocycles. The molecule has 1 aliphatic heterocycles. The molecule has 3 rings (SSSR count). The van der Waals surface area contributed by atoms with Crippen LogP contribution in [0.15, 0.2) is 35.5 Å². The zero-order valence-electron chi connectivity index (χ0n) is 18.4. The summed E-state index contributed by atoms with van der Waals surface area (Å²) in [4.78, 5) is 11.0. The lowest BCUT2D eigenvalue weighted by atomic mass is 10.1. The Hall–Kier alpha value is -2.87. The second-order valence-corrected chi connectivity index (χ2v) is 7.55. The maximum Gasteiger partial charge on any atom is 0.191 e. The van der Waals surface area contributed by atoms with Gasteiger partial charge in [-0.2, -0.15) is 0 Å². The quantitative estimate of drug-likeness (QED) is 0.475. The Kier molecular flexibility index (Phi) is 8.06. The molecule has 2 N–H and O–H groups in total. The lowest BCUT2D eigenvalue weighted by Gasteiger charge is -2.20. The summed E-state index contributed by atoms with van der Waals surface area (Å²) in [7, 11) is 6.68. The maximum atomic E-state index is 6.29. The van der Waals surface area contributed by atoms with Gasteiger partial charge in [0.05, 0.1) is 26.4 Å². The number of hydrogen-bond acceptors (Lipinski definition) is 6. The van der Waals surface area contributed by atoms with E-state index in [4.69, 9.17) is 25.8 Å². The van der Waals surface area contributed by atoms with Crippen molar-refractivity contribution in [2.75, 3.05) is 52.9 Å². The highest BCUT2D eigenvalue weighted by Gasteiger charge is 2.25. The van der Waals surface area contributed by atoms with E-state index in [-0.39, 0.29) is 6.04 Å². The summed E-state index contributed by atoms with van der Waals surface area (Å²) in [6, 6.07) is 7.69. The Morgan fingerprint density at radius 1 is 1.23 bits per heavy atom. The van der Waals surface area contributed by atoms with Crippen molar-refractivity contribution in [1.82, 2.24) is 15.6 Å². The highest BCUT2D eigenvalue weighted by atomic mass is 35.5. The van der Waals surface area contributed by atoms with Gasteiger partial charge in [-0.25, -0.2) is 4.98 Å². The monoisotopic (exact) mass is 447 g/mol. The second-order valence-electron chi connectivity index (χ2n) is 7.14. The van der Waals surface area contributed by atoms with Crippen LogP contribution in [0.1, 0.15) is 12.0 Å². The van der Waals surface area contributed by atoms with Gasteiger partial charge in [-0.1, -0.05) is 11.6 Å². The number of rotatable bonds is 8. The first-order valence-electron chi connectivity index (χ1n) is 10.2. The van der Waals surface area contributed by atoms with Crippen LogP contribution in [0.5, 0.6) is 17.2 Å². The van der Waals surface area contributed by atoms with Gasteiger partial charge in [-0.15, -0.1) is 0 Å². The standard InChI is InChI=1S/C22H30ClN5O3/c1-24-22(27-15-8-11-28(14-15)21-18(23)6-5-9-25-21)26-10-7-17-19(30-3)12-16(29-2)13-20(17)31-4/h5-6,9,12-13,15H,7-8,10-11,14H2,1-4H3,(H2,24,26,27). The molecule has 1 unspecified atom stereocenters. The number of anilines is 1. The Bertz CT molecular complexity index is 883. The minimum absolute atomic E-state index is 0.259. The van der Waals surface area contributed by atoms with E-state index in [0.717, 1.165) is 48.4 Å². The number of ether oxygens (including phenoxy) is 3. The summed E-state index contributed by atoms with van der Waals surface area (Å²) in [5, 5.41) is 7.54. The van der Waals surface area contributed by atoms with Gasteiger partial charge in [-0.3, -0.25) is 4.99 Å². The number of nitrogens with one attached hydrogen (secondary N) is 2. The minimum atomic E-state index is 0.259. The molecule has 1 fully saturated rings. The molecule has 2 heterocycles. The number of aliphatic imine (C=N–C) groups is 1. The van der Waals surface area contributed by atoms with Gasteiger partial charge in [0.2, 0.25) is 0 Å². The Labute approximate surface area is 188 Å². The number of aromatic nitrogens is 1. The predicted octanol–water partition coefficient (Wildman–Crippen LogP) is 2.75. The molecule has 8 nitrogen and oxygen atoms in total. The van der Waals surface area contributed by atoms with Crippen molar-refractivity contribution in [2.24, 2.45) is 4.99 Å². The molecule has 2 aromatic rings. The van der Waals surface area contributed by atoms with Crippen LogP contribution in [0.25, 0.3) is 0 Å². The van der Waals surface area contributed by atoms with Gasteiger partial charge in [0, 0.05) is 56.6 Å². The summed E-state index contributed by atoms with van der Waals surface area (Å²) in [5.41, 5.74) is 0.977. The van der Waals surface area contributed by atoms with Crippen LogP contribution < -0.4 is 29.7 Å². The molecular formula is C22H30ClN5O3. The number of nitrogens with zero attached hydrogens (tertiary/aromatic N) is 3. The second kappa shape index (κ2) is 10.9. The van der Waals surface area contributed by atoms with Crippen LogP contribution in [0.3, 0.4) is 0 Å². The maximum absolute atomic E-state index is 6.29. The van der Waals surface area contributed by atoms with E-state index in [2.05, 4.69) is 25.5 Å². The smallest absolute Gasteiger partial charge is 0.191 e. The summed E-state index contributed by atoms with van der Waals surface area (Å²) < 4.78 is 16.4. The molecule has 31 heavy (non-hydrogen) atoms. The van der Waals surface area contributed by atoms with Crippen molar-refractivity contribution in [2.45, 2.75) is 18.9 Å². The third-order valence-electron chi connectivity index (χ3n) is 5.28. The summed E-state index contributed by atoms with van der Waals surface area (Å²) in [6.07, 6.45) is 3.45. The number of hydrogen-bond donors (Lipinski definition) is 2. The molecule has 0 radical (unpaired) electrons. The van der Waals surface area contributed by atoms with Crippen molar-refractivity contribution in [3.63, 3.8) is 0 Å². The fourth-order valence-electron chi connectivity index (χ4n) is 3.70. The SMILES string of the molecule is CN=C(NCCc1c(OC)cc(OC)cc1OC)NC1CCN(c2ncccc2Cl)C1. The molecule has 0 spiro atoms. The van der Waals surface area contributed by atoms with Crippen molar-refractivity contribution in [1.29, 1.82) is 0 Å². The number of guanidine groups is 1. The van der Waals surface area contributed by atoms with Crippen molar-refractivity contribution >= 4 is 23.4 Å². The van der Waals surface area contributed by atoms with Crippen molar-refractivity contribution < 1.29 is 14.2 Å². The first kappa shape index (κ1) is 22.8. The lowest BCUT2D eigenvalue weighted by Crippen LogP contribution is -2.45. The number of pyridine rings is 1. The predicted molar refractivity (Wildman–Crippen MR) is 124 cm³/mol. The van der Waals surface area contributed by atoms with Crippen LogP contribution in [0.2, 0.25) is 5.02 Å². The molecule has 0 saturated carbocycles.